The fraction of sp³-hybridized carbons (Fsp3) is 0.815. The smallest absolute Gasteiger partial charge is 0.410 e. The number of hydrogen-bond acceptors (Lipinski definition) is 6. The van der Waals surface area contributed by atoms with E-state index in [1.165, 1.54) is 38.4 Å². The predicted molar refractivity (Wildman–Crippen MR) is 149 cm³/mol. The molecule has 2 fully saturated rings. The van der Waals surface area contributed by atoms with Crippen LogP contribution in [-0.4, -0.2) is 66.0 Å². The number of amides is 1. The Labute approximate surface area is 223 Å². The Morgan fingerprint density at radius 3 is 2.17 bits per heavy atom. The van der Waals surface area contributed by atoms with Crippen molar-refractivity contribution in [2.75, 3.05) is 20.7 Å². The number of carbonyl (C=O) groups is 1. The number of nitrogens with one attached hydrogen (secondary N) is 1. The van der Waals surface area contributed by atoms with E-state index in [4.69, 9.17) is 9.47 Å². The van der Waals surface area contributed by atoms with Gasteiger partial charge in [-0.1, -0.05) is 41.0 Å². The van der Waals surface area contributed by atoms with Gasteiger partial charge in [0.1, 0.15) is 6.33 Å². The molecule has 0 radical (unpaired) electrons. The Hall–Kier alpha value is -1.25. The van der Waals surface area contributed by atoms with Gasteiger partial charge in [0.05, 0.1) is 29.3 Å². The van der Waals surface area contributed by atoms with E-state index >= 15 is 0 Å². The molecule has 2 aliphatic carbocycles. The first-order valence-corrected chi connectivity index (χ1v) is 14.2. The Morgan fingerprint density at radius 2 is 1.74 bits per heavy atom. The normalized spacial score (nSPS) is 21.4. The summed E-state index contributed by atoms with van der Waals surface area (Å²) >= 11 is 3.19. The first-order chi connectivity index (χ1) is 16.8. The zero-order chi connectivity index (χ0) is 26.8. The fourth-order valence-corrected chi connectivity index (χ4v) is 4.30. The summed E-state index contributed by atoms with van der Waals surface area (Å²) in [6.45, 7) is 14.7. The van der Waals surface area contributed by atoms with Crippen LogP contribution in [-0.2, 0) is 9.47 Å². The van der Waals surface area contributed by atoms with Crippen molar-refractivity contribution in [3.63, 3.8) is 0 Å². The average molecular weight is 560 g/mol. The summed E-state index contributed by atoms with van der Waals surface area (Å²) in [5.41, 5.74) is 0. The van der Waals surface area contributed by atoms with Crippen LogP contribution in [0.2, 0.25) is 0 Å². The first kappa shape index (κ1) is 33.8. The van der Waals surface area contributed by atoms with Gasteiger partial charge in [-0.3, -0.25) is 0 Å². The fourth-order valence-electron chi connectivity index (χ4n) is 4.06. The second-order valence-corrected chi connectivity index (χ2v) is 10.1. The van der Waals surface area contributed by atoms with Gasteiger partial charge in [-0.05, 0) is 80.8 Å². The van der Waals surface area contributed by atoms with Crippen LogP contribution in [0.4, 0.5) is 4.79 Å². The van der Waals surface area contributed by atoms with E-state index in [2.05, 4.69) is 52.0 Å². The highest BCUT2D eigenvalue weighted by Gasteiger charge is 2.42. The molecule has 2 saturated carbocycles. The Morgan fingerprint density at radius 1 is 1.14 bits per heavy atom. The summed E-state index contributed by atoms with van der Waals surface area (Å²) in [7, 11) is 3.76. The lowest BCUT2D eigenvalue weighted by atomic mass is 9.97. The molecule has 1 heterocycles. The second kappa shape index (κ2) is 19.9. The number of hydrogen-bond donors (Lipinski definition) is 1. The summed E-state index contributed by atoms with van der Waals surface area (Å²) in [5, 5.41) is 3.32. The van der Waals surface area contributed by atoms with Crippen LogP contribution in [0.5, 0.6) is 0 Å². The van der Waals surface area contributed by atoms with Crippen molar-refractivity contribution in [2.24, 2.45) is 11.8 Å². The van der Waals surface area contributed by atoms with E-state index in [1.807, 2.05) is 41.8 Å². The molecule has 0 bridgehead atoms. The van der Waals surface area contributed by atoms with Gasteiger partial charge in [-0.15, -0.1) is 0 Å². The molecule has 1 amide bonds. The lowest BCUT2D eigenvalue weighted by Crippen LogP contribution is -2.52. The molecule has 1 aromatic heterocycles. The molecule has 7 nitrogen and oxygen atoms in total. The molecule has 5 unspecified atom stereocenters. The summed E-state index contributed by atoms with van der Waals surface area (Å²) in [6, 6.07) is 0.199. The average Bonchev–Trinajstić information content (AvgIpc) is 3.62. The standard InChI is InChI=1S/C18H34N2O3.C4H3BrN2.C3H8.C2H6/c1-6-16(19-4)17(20(5)18(21)23-12(2)3)11-22-15-8-7-13-9-14(13)10-15;5-4-1-6-3-7-2-4;1-3-2;1-2/h12-17,19H,6-11H2,1-5H3;1-3H;3H2,1-2H3;1-2H3. The minimum Gasteiger partial charge on any atom is -0.447 e. The van der Waals surface area contributed by atoms with Gasteiger partial charge >= 0.3 is 6.09 Å². The highest BCUT2D eigenvalue weighted by molar-refractivity contribution is 9.10. The third kappa shape index (κ3) is 14.2. The van der Waals surface area contributed by atoms with Crippen LogP contribution in [0.1, 0.15) is 87.0 Å². The molecular weight excluding hydrogens is 508 g/mol. The molecule has 0 saturated heterocycles. The number of carbonyl (C=O) groups excluding carboxylic acids is 1. The first-order valence-electron chi connectivity index (χ1n) is 13.4. The lowest BCUT2D eigenvalue weighted by molar-refractivity contribution is -0.0173. The van der Waals surface area contributed by atoms with Gasteiger partial charge in [-0.2, -0.15) is 0 Å². The topological polar surface area (TPSA) is 76.6 Å². The number of aromatic nitrogens is 2. The van der Waals surface area contributed by atoms with E-state index in [-0.39, 0.29) is 24.3 Å². The van der Waals surface area contributed by atoms with Crippen molar-refractivity contribution in [3.8, 4) is 0 Å². The quantitative estimate of drug-likeness (QED) is 0.381. The third-order valence-electron chi connectivity index (χ3n) is 5.92. The van der Waals surface area contributed by atoms with E-state index in [1.54, 1.807) is 17.3 Å². The maximum absolute atomic E-state index is 12.3. The van der Waals surface area contributed by atoms with Crippen molar-refractivity contribution in [3.05, 3.63) is 23.2 Å². The van der Waals surface area contributed by atoms with Crippen LogP contribution in [0.3, 0.4) is 0 Å². The molecule has 204 valence electrons. The molecule has 2 aliphatic rings. The van der Waals surface area contributed by atoms with Crippen molar-refractivity contribution in [1.82, 2.24) is 20.2 Å². The Bertz CT molecular complexity index is 647. The van der Waals surface area contributed by atoms with E-state index < -0.39 is 0 Å². The van der Waals surface area contributed by atoms with Crippen LogP contribution < -0.4 is 5.32 Å². The summed E-state index contributed by atoms with van der Waals surface area (Å²) in [6.07, 6.45) is 12.1. The third-order valence-corrected chi connectivity index (χ3v) is 6.33. The van der Waals surface area contributed by atoms with E-state index in [0.29, 0.717) is 12.7 Å². The van der Waals surface area contributed by atoms with Crippen LogP contribution >= 0.6 is 15.9 Å². The Balaban J connectivity index is 0.000000797. The van der Waals surface area contributed by atoms with Gasteiger partial charge in [0.15, 0.2) is 0 Å². The molecule has 5 atom stereocenters. The molecule has 3 rings (SSSR count). The van der Waals surface area contributed by atoms with Gasteiger partial charge in [-0.25, -0.2) is 14.8 Å². The summed E-state index contributed by atoms with van der Waals surface area (Å²) in [4.78, 5) is 21.4. The predicted octanol–water partition coefficient (Wildman–Crippen LogP) is 6.72. The largest absolute Gasteiger partial charge is 0.447 e. The molecule has 0 aliphatic heterocycles. The number of fused-ring (bicyclic) bond motifs is 1. The molecule has 1 N–H and O–H groups in total. The zero-order valence-electron chi connectivity index (χ0n) is 23.6. The Kier molecular flexibility index (Phi) is 19.2. The number of rotatable bonds is 8. The molecule has 0 aromatic carbocycles. The van der Waals surface area contributed by atoms with Crippen LogP contribution in [0.15, 0.2) is 23.2 Å². The van der Waals surface area contributed by atoms with Crippen molar-refractivity contribution in [1.29, 1.82) is 0 Å². The molecule has 35 heavy (non-hydrogen) atoms. The number of halogens is 1. The highest BCUT2D eigenvalue weighted by atomic mass is 79.9. The van der Waals surface area contributed by atoms with Crippen molar-refractivity contribution >= 4 is 22.0 Å². The van der Waals surface area contributed by atoms with Gasteiger partial charge in [0.25, 0.3) is 0 Å². The van der Waals surface area contributed by atoms with Gasteiger partial charge in [0.2, 0.25) is 0 Å². The summed E-state index contributed by atoms with van der Waals surface area (Å²) < 4.78 is 12.5. The molecule has 1 aromatic rings. The molecule has 8 heteroatoms. The van der Waals surface area contributed by atoms with Crippen molar-refractivity contribution in [2.45, 2.75) is 111 Å². The molecule has 0 spiro atoms. The van der Waals surface area contributed by atoms with E-state index in [0.717, 1.165) is 22.7 Å². The number of ether oxygens (including phenoxy) is 2. The molecular formula is C27H51BrN4O3. The van der Waals surface area contributed by atoms with E-state index in [9.17, 15) is 4.79 Å². The zero-order valence-corrected chi connectivity index (χ0v) is 25.2. The second-order valence-electron chi connectivity index (χ2n) is 9.20. The van der Waals surface area contributed by atoms with Gasteiger partial charge in [0, 0.05) is 25.5 Å². The highest BCUT2D eigenvalue weighted by Crippen LogP contribution is 2.50. The number of nitrogens with zero attached hydrogens (tertiary/aromatic N) is 3. The van der Waals surface area contributed by atoms with Crippen molar-refractivity contribution < 1.29 is 14.3 Å². The van der Waals surface area contributed by atoms with Crippen LogP contribution in [0.25, 0.3) is 0 Å². The SMILES string of the molecule is Brc1cncnc1.CC.CCC.CCC(NC)C(COC1CCC2CC2C1)N(C)C(=O)OC(C)C. The minimum atomic E-state index is -0.270. The minimum absolute atomic E-state index is 0.00632. The lowest BCUT2D eigenvalue weighted by Gasteiger charge is -2.35. The van der Waals surface area contributed by atoms with Gasteiger partial charge < -0.3 is 19.7 Å². The number of likely N-dealkylation sites (N-methyl/N-ethyl adjacent to an activating group) is 2. The summed E-state index contributed by atoms with van der Waals surface area (Å²) in [5.74, 6) is 1.89. The monoisotopic (exact) mass is 558 g/mol. The maximum Gasteiger partial charge on any atom is 0.410 e. The van der Waals surface area contributed by atoms with Crippen LogP contribution in [0, 0.1) is 11.8 Å². The maximum atomic E-state index is 12.3.